The quantitative estimate of drug-likeness (QED) is 0.444. The predicted molar refractivity (Wildman–Crippen MR) is 81.1 cm³/mol. The average Bonchev–Trinajstić information content (AvgIpc) is 2.58. The van der Waals surface area contributed by atoms with Gasteiger partial charge < -0.3 is 5.21 Å². The first-order valence-electron chi connectivity index (χ1n) is 6.31. The van der Waals surface area contributed by atoms with Crippen molar-refractivity contribution in [2.45, 2.75) is 0 Å². The topological polar surface area (TPSA) is 71.3 Å². The summed E-state index contributed by atoms with van der Waals surface area (Å²) in [6, 6.07) is 17.0. The molecule has 3 rings (SSSR count). The van der Waals surface area contributed by atoms with Crippen molar-refractivity contribution in [3.8, 4) is 11.4 Å². The standard InChI is InChI=1S/C10H8N2.C6H6N2O/c1-3-7-11-9(5-1)10-6-2-4-8-12-10;9-8-5-6-3-1-2-4-7-6/h1-8H;1-5,9H. The van der Waals surface area contributed by atoms with Gasteiger partial charge in [0.15, 0.2) is 0 Å². The monoisotopic (exact) mass is 278 g/mol. The zero-order valence-electron chi connectivity index (χ0n) is 11.2. The van der Waals surface area contributed by atoms with Gasteiger partial charge in [0.1, 0.15) is 0 Å². The Kier molecular flexibility index (Phi) is 5.57. The number of rotatable bonds is 2. The molecule has 0 atom stereocenters. The highest BCUT2D eigenvalue weighted by molar-refractivity contribution is 5.75. The van der Waals surface area contributed by atoms with Gasteiger partial charge in [-0.3, -0.25) is 15.0 Å². The van der Waals surface area contributed by atoms with Gasteiger partial charge in [-0.15, -0.1) is 0 Å². The van der Waals surface area contributed by atoms with E-state index in [0.29, 0.717) is 5.69 Å². The van der Waals surface area contributed by atoms with Crippen molar-refractivity contribution in [1.82, 2.24) is 15.0 Å². The third-order valence-corrected chi connectivity index (χ3v) is 2.47. The second-order valence-electron chi connectivity index (χ2n) is 3.93. The summed E-state index contributed by atoms with van der Waals surface area (Å²) in [5, 5.41) is 10.9. The van der Waals surface area contributed by atoms with Crippen LogP contribution in [0.15, 0.2) is 78.3 Å². The minimum absolute atomic E-state index is 0.653. The Labute approximate surface area is 122 Å². The molecule has 0 amide bonds. The first-order chi connectivity index (χ1) is 10.4. The van der Waals surface area contributed by atoms with Crippen molar-refractivity contribution >= 4 is 6.21 Å². The van der Waals surface area contributed by atoms with Crippen LogP contribution in [-0.4, -0.2) is 26.4 Å². The number of aromatic nitrogens is 3. The molecule has 0 spiro atoms. The normalized spacial score (nSPS) is 9.90. The molecule has 0 fully saturated rings. The molecule has 0 saturated carbocycles. The third-order valence-electron chi connectivity index (χ3n) is 2.47. The number of oxime groups is 1. The molecule has 104 valence electrons. The molecule has 21 heavy (non-hydrogen) atoms. The van der Waals surface area contributed by atoms with E-state index in [1.807, 2.05) is 42.5 Å². The number of hydrogen-bond acceptors (Lipinski definition) is 5. The van der Waals surface area contributed by atoms with Crippen LogP contribution >= 0.6 is 0 Å². The first-order valence-corrected chi connectivity index (χ1v) is 6.31. The smallest absolute Gasteiger partial charge is 0.0918 e. The third kappa shape index (κ3) is 4.83. The Morgan fingerprint density at radius 1 is 0.714 bits per heavy atom. The van der Waals surface area contributed by atoms with Crippen molar-refractivity contribution in [2.24, 2.45) is 5.16 Å². The number of pyridine rings is 3. The SMILES string of the molecule is ON=Cc1ccccn1.c1ccc(-c2ccccn2)nc1. The van der Waals surface area contributed by atoms with Crippen molar-refractivity contribution in [3.05, 3.63) is 78.9 Å². The fourth-order valence-corrected chi connectivity index (χ4v) is 1.54. The molecule has 0 aliphatic rings. The van der Waals surface area contributed by atoms with Gasteiger partial charge in [-0.05, 0) is 36.4 Å². The molecular formula is C16H14N4O. The van der Waals surface area contributed by atoms with Crippen molar-refractivity contribution in [1.29, 1.82) is 0 Å². The van der Waals surface area contributed by atoms with Crippen LogP contribution in [0.4, 0.5) is 0 Å². The van der Waals surface area contributed by atoms with Crippen LogP contribution in [0.3, 0.4) is 0 Å². The van der Waals surface area contributed by atoms with Gasteiger partial charge >= 0.3 is 0 Å². The highest BCUT2D eigenvalue weighted by atomic mass is 16.4. The molecule has 0 aromatic carbocycles. The molecule has 5 heteroatoms. The lowest BCUT2D eigenvalue weighted by Crippen LogP contribution is -1.83. The minimum atomic E-state index is 0.653. The molecule has 1 N–H and O–H groups in total. The largest absolute Gasteiger partial charge is 0.411 e. The van der Waals surface area contributed by atoms with E-state index < -0.39 is 0 Å². The van der Waals surface area contributed by atoms with Crippen molar-refractivity contribution in [2.75, 3.05) is 0 Å². The van der Waals surface area contributed by atoms with Crippen LogP contribution in [0.1, 0.15) is 5.69 Å². The number of hydrogen-bond donors (Lipinski definition) is 1. The van der Waals surface area contributed by atoms with E-state index in [0.717, 1.165) is 11.4 Å². The van der Waals surface area contributed by atoms with Crippen LogP contribution in [-0.2, 0) is 0 Å². The Bertz CT molecular complexity index is 620. The van der Waals surface area contributed by atoms with Crippen LogP contribution in [0.25, 0.3) is 11.4 Å². The Morgan fingerprint density at radius 2 is 1.24 bits per heavy atom. The fourth-order valence-electron chi connectivity index (χ4n) is 1.54. The van der Waals surface area contributed by atoms with Gasteiger partial charge in [0.05, 0.1) is 23.3 Å². The zero-order chi connectivity index (χ0) is 14.8. The van der Waals surface area contributed by atoms with Gasteiger partial charge in [0.2, 0.25) is 0 Å². The molecule has 3 heterocycles. The molecule has 0 radical (unpaired) electrons. The lowest BCUT2D eigenvalue weighted by Gasteiger charge is -1.96. The Hall–Kier alpha value is -3.08. The Morgan fingerprint density at radius 3 is 1.62 bits per heavy atom. The van der Waals surface area contributed by atoms with Crippen LogP contribution < -0.4 is 0 Å². The lowest BCUT2D eigenvalue weighted by molar-refractivity contribution is 0.321. The van der Waals surface area contributed by atoms with Gasteiger partial charge in [-0.2, -0.15) is 0 Å². The van der Waals surface area contributed by atoms with Gasteiger partial charge in [0.25, 0.3) is 0 Å². The molecular weight excluding hydrogens is 264 g/mol. The van der Waals surface area contributed by atoms with Crippen molar-refractivity contribution in [3.63, 3.8) is 0 Å². The minimum Gasteiger partial charge on any atom is -0.411 e. The van der Waals surface area contributed by atoms with Gasteiger partial charge in [-0.1, -0.05) is 23.4 Å². The summed E-state index contributed by atoms with van der Waals surface area (Å²) >= 11 is 0. The van der Waals surface area contributed by atoms with Crippen LogP contribution in [0.5, 0.6) is 0 Å². The maximum Gasteiger partial charge on any atom is 0.0918 e. The summed E-state index contributed by atoms with van der Waals surface area (Å²) in [4.78, 5) is 12.2. The molecule has 0 aliphatic carbocycles. The summed E-state index contributed by atoms with van der Waals surface area (Å²) in [5.41, 5.74) is 2.48. The van der Waals surface area contributed by atoms with E-state index in [1.165, 1.54) is 6.21 Å². The lowest BCUT2D eigenvalue weighted by atomic mass is 10.2. The van der Waals surface area contributed by atoms with Crippen molar-refractivity contribution < 1.29 is 5.21 Å². The average molecular weight is 278 g/mol. The fraction of sp³-hybridized carbons (Fsp3) is 0. The van der Waals surface area contributed by atoms with E-state index in [-0.39, 0.29) is 0 Å². The molecule has 0 aliphatic heterocycles. The predicted octanol–water partition coefficient (Wildman–Crippen LogP) is 3.03. The molecule has 0 bridgehead atoms. The molecule has 3 aromatic rings. The second-order valence-corrected chi connectivity index (χ2v) is 3.93. The van der Waals surface area contributed by atoms with Gasteiger partial charge in [0, 0.05) is 18.6 Å². The van der Waals surface area contributed by atoms with E-state index in [2.05, 4.69) is 20.1 Å². The summed E-state index contributed by atoms with van der Waals surface area (Å²) in [6.45, 7) is 0. The van der Waals surface area contributed by atoms with Crippen LogP contribution in [0.2, 0.25) is 0 Å². The summed E-state index contributed by atoms with van der Waals surface area (Å²) < 4.78 is 0. The highest BCUT2D eigenvalue weighted by Crippen LogP contribution is 2.10. The van der Waals surface area contributed by atoms with Crippen LogP contribution in [0, 0.1) is 0 Å². The van der Waals surface area contributed by atoms with E-state index >= 15 is 0 Å². The highest BCUT2D eigenvalue weighted by Gasteiger charge is 1.95. The first kappa shape index (κ1) is 14.3. The second kappa shape index (κ2) is 8.16. The summed E-state index contributed by atoms with van der Waals surface area (Å²) in [7, 11) is 0. The zero-order valence-corrected chi connectivity index (χ0v) is 11.2. The molecule has 0 unspecified atom stereocenters. The summed E-state index contributed by atoms with van der Waals surface area (Å²) in [6.07, 6.45) is 6.45. The van der Waals surface area contributed by atoms with E-state index in [1.54, 1.807) is 30.7 Å². The summed E-state index contributed by atoms with van der Waals surface area (Å²) in [5.74, 6) is 0. The maximum atomic E-state index is 8.05. The van der Waals surface area contributed by atoms with E-state index in [4.69, 9.17) is 5.21 Å². The maximum absolute atomic E-state index is 8.05. The Balaban J connectivity index is 0.000000161. The molecule has 5 nitrogen and oxygen atoms in total. The molecule has 0 saturated heterocycles. The molecule has 3 aromatic heterocycles. The van der Waals surface area contributed by atoms with Gasteiger partial charge in [-0.25, -0.2) is 0 Å². The van der Waals surface area contributed by atoms with E-state index in [9.17, 15) is 0 Å². The number of nitrogens with zero attached hydrogens (tertiary/aromatic N) is 4.